The lowest BCUT2D eigenvalue weighted by Gasteiger charge is -2.22. The summed E-state index contributed by atoms with van der Waals surface area (Å²) in [6, 6.07) is 0. The van der Waals surface area contributed by atoms with Crippen LogP contribution >= 0.6 is 0 Å². The molecule has 0 aromatic heterocycles. The van der Waals surface area contributed by atoms with E-state index in [4.69, 9.17) is 9.47 Å². The van der Waals surface area contributed by atoms with Crippen molar-refractivity contribution in [1.29, 1.82) is 0 Å². The van der Waals surface area contributed by atoms with E-state index in [1.54, 1.807) is 0 Å². The molecule has 0 aliphatic carbocycles. The SMILES string of the molecule is CCCCC/C=C\C/C=C\CCCCCCCC(=O)C(O)C(COC(=O)CCCCCCCCCCCCCCCCC)OC(=O)CCCCCCC/C=C\CCCCCCCC. The van der Waals surface area contributed by atoms with Gasteiger partial charge in [0.25, 0.3) is 0 Å². The highest BCUT2D eigenvalue weighted by Gasteiger charge is 2.30. The Morgan fingerprint density at radius 2 is 0.683 bits per heavy atom. The Balaban J connectivity index is 4.52. The number of Topliss-reactive ketones (excluding diaryl/α,β-unsaturated/α-hetero) is 1. The van der Waals surface area contributed by atoms with Crippen molar-refractivity contribution < 1.29 is 29.0 Å². The quantitative estimate of drug-likeness (QED) is 0.0372. The minimum atomic E-state index is -1.49. The van der Waals surface area contributed by atoms with Crippen molar-refractivity contribution in [2.24, 2.45) is 0 Å². The Morgan fingerprint density at radius 3 is 1.10 bits per heavy atom. The van der Waals surface area contributed by atoms with Crippen LogP contribution in [0.3, 0.4) is 0 Å². The predicted octanol–water partition coefficient (Wildman–Crippen LogP) is 17.5. The number of hydrogen-bond donors (Lipinski definition) is 1. The van der Waals surface area contributed by atoms with Crippen molar-refractivity contribution in [2.75, 3.05) is 6.61 Å². The Bertz CT molecular complexity index is 1080. The normalized spacial score (nSPS) is 12.8. The molecule has 0 spiro atoms. The third-order valence-corrected chi connectivity index (χ3v) is 12.4. The van der Waals surface area contributed by atoms with Crippen molar-refractivity contribution >= 4 is 17.7 Å². The molecule has 0 radical (unpaired) electrons. The van der Waals surface area contributed by atoms with Crippen LogP contribution in [0, 0.1) is 0 Å². The monoisotopic (exact) mass is 885 g/mol. The van der Waals surface area contributed by atoms with E-state index in [1.165, 1.54) is 148 Å². The fourth-order valence-corrected chi connectivity index (χ4v) is 8.11. The minimum absolute atomic E-state index is 0.223. The molecule has 0 amide bonds. The molecule has 1 N–H and O–H groups in total. The zero-order valence-electron chi connectivity index (χ0n) is 42.0. The van der Waals surface area contributed by atoms with E-state index in [0.29, 0.717) is 19.3 Å². The van der Waals surface area contributed by atoms with Gasteiger partial charge in [-0.2, -0.15) is 0 Å². The molecule has 6 nitrogen and oxygen atoms in total. The first-order chi connectivity index (χ1) is 31.0. The lowest BCUT2D eigenvalue weighted by atomic mass is 10.0. The number of hydrogen-bond acceptors (Lipinski definition) is 6. The maximum Gasteiger partial charge on any atom is 0.306 e. The Morgan fingerprint density at radius 1 is 0.381 bits per heavy atom. The molecule has 2 atom stereocenters. The standard InChI is InChI=1S/C57H104O6/c1-4-7-10-13-16-19-22-25-28-31-34-37-40-43-46-49-53(58)57(61)54(63-56(60)51-48-45-42-39-36-33-30-27-24-21-18-15-12-9-6-3)52-62-55(59)50-47-44-41-38-35-32-29-26-23-20-17-14-11-8-5-2/h16,19,25,27-28,30,54,57,61H,4-15,17-18,20-24,26,29,31-52H2,1-3H3/b19-16-,28-25-,30-27-. The molecule has 368 valence electrons. The lowest BCUT2D eigenvalue weighted by Crippen LogP contribution is -2.41. The molecule has 0 heterocycles. The number of ketones is 1. The summed E-state index contributed by atoms with van der Waals surface area (Å²) in [6.45, 7) is 6.47. The lowest BCUT2D eigenvalue weighted by molar-refractivity contribution is -0.168. The average Bonchev–Trinajstić information content (AvgIpc) is 3.28. The molecule has 2 unspecified atom stereocenters. The second kappa shape index (κ2) is 50.8. The van der Waals surface area contributed by atoms with Crippen molar-refractivity contribution in [3.8, 4) is 0 Å². The number of carbonyl (C=O) groups excluding carboxylic acids is 3. The average molecular weight is 885 g/mol. The van der Waals surface area contributed by atoms with Gasteiger partial charge in [0.15, 0.2) is 18.0 Å². The van der Waals surface area contributed by atoms with Crippen molar-refractivity contribution in [2.45, 2.75) is 303 Å². The molecule has 0 aliphatic heterocycles. The maximum atomic E-state index is 13.1. The summed E-state index contributed by atoms with van der Waals surface area (Å²) in [7, 11) is 0. The highest BCUT2D eigenvalue weighted by atomic mass is 16.6. The molecule has 0 rings (SSSR count). The second-order valence-corrected chi connectivity index (χ2v) is 18.6. The summed E-state index contributed by atoms with van der Waals surface area (Å²) in [5, 5.41) is 11.0. The first kappa shape index (κ1) is 60.8. The molecule has 0 aromatic rings. The number of ether oxygens (including phenoxy) is 2. The van der Waals surface area contributed by atoms with Gasteiger partial charge in [-0.25, -0.2) is 0 Å². The fourth-order valence-electron chi connectivity index (χ4n) is 8.11. The maximum absolute atomic E-state index is 13.1. The van der Waals surface area contributed by atoms with Crippen molar-refractivity contribution in [3.63, 3.8) is 0 Å². The topological polar surface area (TPSA) is 89.9 Å². The molecule has 0 aliphatic rings. The fraction of sp³-hybridized carbons (Fsp3) is 0.842. The van der Waals surface area contributed by atoms with E-state index in [2.05, 4.69) is 57.2 Å². The van der Waals surface area contributed by atoms with Gasteiger partial charge in [0.1, 0.15) is 6.61 Å². The van der Waals surface area contributed by atoms with Crippen LogP contribution < -0.4 is 0 Å². The van der Waals surface area contributed by atoms with Gasteiger partial charge in [0, 0.05) is 19.3 Å². The molecule has 0 saturated carbocycles. The number of aliphatic hydroxyl groups is 1. The molecule has 0 aromatic carbocycles. The van der Waals surface area contributed by atoms with Crippen LogP contribution in [0.4, 0.5) is 0 Å². The third-order valence-electron chi connectivity index (χ3n) is 12.4. The van der Waals surface area contributed by atoms with Gasteiger partial charge in [-0.3, -0.25) is 14.4 Å². The minimum Gasteiger partial charge on any atom is -0.462 e. The zero-order valence-corrected chi connectivity index (χ0v) is 42.0. The number of aliphatic hydroxyl groups excluding tert-OH is 1. The first-order valence-corrected chi connectivity index (χ1v) is 27.5. The number of carbonyl (C=O) groups is 3. The summed E-state index contributed by atoms with van der Waals surface area (Å²) < 4.78 is 11.2. The molecule has 0 bridgehead atoms. The summed E-state index contributed by atoms with van der Waals surface area (Å²) >= 11 is 0. The van der Waals surface area contributed by atoms with Gasteiger partial charge >= 0.3 is 11.9 Å². The van der Waals surface area contributed by atoms with Crippen LogP contribution in [0.5, 0.6) is 0 Å². The number of esters is 2. The Kier molecular flexibility index (Phi) is 49.0. The summed E-state index contributed by atoms with van der Waals surface area (Å²) in [5.41, 5.74) is 0. The van der Waals surface area contributed by atoms with Crippen molar-refractivity contribution in [1.82, 2.24) is 0 Å². The summed E-state index contributed by atoms with van der Waals surface area (Å²) in [4.78, 5) is 38.6. The van der Waals surface area contributed by atoms with Crippen LogP contribution in [0.15, 0.2) is 36.5 Å². The third kappa shape index (κ3) is 46.1. The zero-order chi connectivity index (χ0) is 45.9. The highest BCUT2D eigenvalue weighted by Crippen LogP contribution is 2.17. The van der Waals surface area contributed by atoms with Gasteiger partial charge in [-0.05, 0) is 77.0 Å². The Labute approximate surface area is 391 Å². The molecule has 63 heavy (non-hydrogen) atoms. The molecule has 0 saturated heterocycles. The smallest absolute Gasteiger partial charge is 0.306 e. The van der Waals surface area contributed by atoms with Gasteiger partial charge in [-0.15, -0.1) is 0 Å². The largest absolute Gasteiger partial charge is 0.462 e. The van der Waals surface area contributed by atoms with E-state index in [0.717, 1.165) is 89.9 Å². The van der Waals surface area contributed by atoms with Crippen LogP contribution in [-0.4, -0.2) is 41.6 Å². The number of unbranched alkanes of at least 4 members (excludes halogenated alkanes) is 33. The Hall–Kier alpha value is -2.21. The van der Waals surface area contributed by atoms with Crippen LogP contribution in [0.2, 0.25) is 0 Å². The highest BCUT2D eigenvalue weighted by molar-refractivity contribution is 5.84. The van der Waals surface area contributed by atoms with Crippen LogP contribution in [0.25, 0.3) is 0 Å². The van der Waals surface area contributed by atoms with E-state index in [-0.39, 0.29) is 31.2 Å². The van der Waals surface area contributed by atoms with E-state index in [9.17, 15) is 19.5 Å². The van der Waals surface area contributed by atoms with Crippen LogP contribution in [0.1, 0.15) is 290 Å². The van der Waals surface area contributed by atoms with Crippen molar-refractivity contribution in [3.05, 3.63) is 36.5 Å². The van der Waals surface area contributed by atoms with E-state index >= 15 is 0 Å². The van der Waals surface area contributed by atoms with E-state index in [1.807, 2.05) is 0 Å². The van der Waals surface area contributed by atoms with Gasteiger partial charge in [0.05, 0.1) is 0 Å². The molecule has 0 fully saturated rings. The van der Waals surface area contributed by atoms with Crippen LogP contribution in [-0.2, 0) is 23.9 Å². The van der Waals surface area contributed by atoms with Gasteiger partial charge < -0.3 is 14.6 Å². The van der Waals surface area contributed by atoms with E-state index < -0.39 is 18.2 Å². The molecule has 6 heteroatoms. The predicted molar refractivity (Wildman–Crippen MR) is 270 cm³/mol. The van der Waals surface area contributed by atoms with Gasteiger partial charge in [-0.1, -0.05) is 231 Å². The van der Waals surface area contributed by atoms with Gasteiger partial charge in [0.2, 0.25) is 0 Å². The molecular weight excluding hydrogens is 781 g/mol. The summed E-state index contributed by atoms with van der Waals surface area (Å²) in [6.07, 6.45) is 58.0. The number of allylic oxidation sites excluding steroid dienone is 6. The molecular formula is C57H104O6. The summed E-state index contributed by atoms with van der Waals surface area (Å²) in [5.74, 6) is -1.16. The first-order valence-electron chi connectivity index (χ1n) is 27.5. The number of rotatable bonds is 50. The second-order valence-electron chi connectivity index (χ2n) is 18.6.